The first-order chi connectivity index (χ1) is 9.74. The molecule has 0 fully saturated rings. The number of aromatic nitrogens is 1. The van der Waals surface area contributed by atoms with Gasteiger partial charge in [0, 0.05) is 16.8 Å². The van der Waals surface area contributed by atoms with Gasteiger partial charge in [-0.05, 0) is 29.7 Å². The zero-order chi connectivity index (χ0) is 13.7. The number of pyridine rings is 1. The van der Waals surface area contributed by atoms with Crippen LogP contribution in [-0.4, -0.2) is 4.98 Å². The predicted molar refractivity (Wildman–Crippen MR) is 78.1 cm³/mol. The molecule has 0 atom stereocenters. The normalized spacial score (nSPS) is 11.4. The molecular weight excluding hydrogens is 254 g/mol. The Morgan fingerprint density at radius 3 is 2.35 bits per heavy atom. The summed E-state index contributed by atoms with van der Waals surface area (Å²) in [5, 5.41) is 3.00. The molecule has 0 saturated carbocycles. The summed E-state index contributed by atoms with van der Waals surface area (Å²) in [4.78, 5) is 26.1. The van der Waals surface area contributed by atoms with E-state index < -0.39 is 0 Å². The van der Waals surface area contributed by atoms with Crippen LogP contribution in [0.1, 0.15) is 0 Å². The summed E-state index contributed by atoms with van der Waals surface area (Å²) >= 11 is 0. The van der Waals surface area contributed by atoms with Gasteiger partial charge in [-0.1, -0.05) is 18.2 Å². The summed E-state index contributed by atoms with van der Waals surface area (Å²) < 4.78 is 5.45. The molecule has 0 aliphatic heterocycles. The van der Waals surface area contributed by atoms with Crippen LogP contribution in [0.15, 0.2) is 62.5 Å². The SMILES string of the molecule is O=c1ccc2c(ccc3c4ccccc4c(=O)oc23)[nH]1. The van der Waals surface area contributed by atoms with Crippen molar-refractivity contribution in [2.45, 2.75) is 0 Å². The minimum atomic E-state index is -0.369. The van der Waals surface area contributed by atoms with Gasteiger partial charge >= 0.3 is 5.63 Å². The van der Waals surface area contributed by atoms with Gasteiger partial charge < -0.3 is 9.40 Å². The van der Waals surface area contributed by atoms with E-state index in [9.17, 15) is 9.59 Å². The number of rotatable bonds is 0. The van der Waals surface area contributed by atoms with E-state index in [1.54, 1.807) is 12.1 Å². The molecule has 0 aliphatic rings. The van der Waals surface area contributed by atoms with Crippen LogP contribution >= 0.6 is 0 Å². The van der Waals surface area contributed by atoms with E-state index in [1.165, 1.54) is 6.07 Å². The standard InChI is InChI=1S/C16H9NO3/c18-14-8-6-12-13(17-14)7-5-10-9-3-1-2-4-11(9)16(19)20-15(10)12/h1-8H,(H,17,18). The Kier molecular flexibility index (Phi) is 2.09. The molecule has 0 aliphatic carbocycles. The van der Waals surface area contributed by atoms with Gasteiger partial charge in [-0.2, -0.15) is 0 Å². The molecule has 0 unspecified atom stereocenters. The van der Waals surface area contributed by atoms with Crippen LogP contribution < -0.4 is 11.2 Å². The molecule has 0 radical (unpaired) electrons. The minimum absolute atomic E-state index is 0.181. The van der Waals surface area contributed by atoms with Gasteiger partial charge in [-0.3, -0.25) is 4.79 Å². The fourth-order valence-corrected chi connectivity index (χ4v) is 2.57. The maximum atomic E-state index is 12.1. The van der Waals surface area contributed by atoms with E-state index in [4.69, 9.17) is 4.42 Å². The molecule has 2 aromatic carbocycles. The first-order valence-corrected chi connectivity index (χ1v) is 6.22. The second-order valence-corrected chi connectivity index (χ2v) is 4.66. The molecule has 20 heavy (non-hydrogen) atoms. The molecule has 2 heterocycles. The molecule has 2 aromatic heterocycles. The van der Waals surface area contributed by atoms with Crippen molar-refractivity contribution in [2.75, 3.05) is 0 Å². The number of aromatic amines is 1. The Hall–Kier alpha value is -2.88. The second-order valence-electron chi connectivity index (χ2n) is 4.66. The van der Waals surface area contributed by atoms with Crippen LogP contribution in [0, 0.1) is 0 Å². The molecule has 96 valence electrons. The second kappa shape index (κ2) is 3.81. The van der Waals surface area contributed by atoms with Gasteiger partial charge in [-0.25, -0.2) is 4.79 Å². The third kappa shape index (κ3) is 1.42. The summed E-state index contributed by atoms with van der Waals surface area (Å²) in [6.45, 7) is 0. The lowest BCUT2D eigenvalue weighted by molar-refractivity contribution is 0.573. The van der Waals surface area contributed by atoms with Crippen molar-refractivity contribution in [3.05, 3.63) is 69.3 Å². The molecule has 0 bridgehead atoms. The highest BCUT2D eigenvalue weighted by Gasteiger charge is 2.09. The van der Waals surface area contributed by atoms with E-state index in [1.807, 2.05) is 30.3 Å². The lowest BCUT2D eigenvalue weighted by Crippen LogP contribution is -2.04. The lowest BCUT2D eigenvalue weighted by atomic mass is 10.1. The summed E-state index contributed by atoms with van der Waals surface area (Å²) in [6.07, 6.45) is 0. The molecule has 1 N–H and O–H groups in total. The highest BCUT2D eigenvalue weighted by molar-refractivity contribution is 6.12. The summed E-state index contributed by atoms with van der Waals surface area (Å²) in [5.41, 5.74) is 0.609. The van der Waals surface area contributed by atoms with E-state index >= 15 is 0 Å². The molecule has 4 rings (SSSR count). The minimum Gasteiger partial charge on any atom is -0.422 e. The zero-order valence-corrected chi connectivity index (χ0v) is 10.3. The van der Waals surface area contributed by atoms with Crippen LogP contribution in [-0.2, 0) is 0 Å². The number of nitrogens with one attached hydrogen (secondary N) is 1. The van der Waals surface area contributed by atoms with Crippen molar-refractivity contribution in [2.24, 2.45) is 0 Å². The van der Waals surface area contributed by atoms with E-state index in [-0.39, 0.29) is 11.2 Å². The van der Waals surface area contributed by atoms with E-state index in [0.717, 1.165) is 16.2 Å². The average molecular weight is 263 g/mol. The number of H-pyrrole nitrogens is 1. The first kappa shape index (κ1) is 11.0. The molecule has 0 saturated heterocycles. The quantitative estimate of drug-likeness (QED) is 0.392. The molecule has 4 nitrogen and oxygen atoms in total. The monoisotopic (exact) mass is 263 g/mol. The average Bonchev–Trinajstić information content (AvgIpc) is 2.47. The summed E-state index contributed by atoms with van der Waals surface area (Å²) in [7, 11) is 0. The van der Waals surface area contributed by atoms with Crippen molar-refractivity contribution in [3.63, 3.8) is 0 Å². The van der Waals surface area contributed by atoms with Crippen molar-refractivity contribution in [1.29, 1.82) is 0 Å². The fourth-order valence-electron chi connectivity index (χ4n) is 2.57. The maximum absolute atomic E-state index is 12.1. The number of hydrogen-bond donors (Lipinski definition) is 1. The summed E-state index contributed by atoms with van der Waals surface area (Å²) in [5.74, 6) is 0. The number of hydrogen-bond acceptors (Lipinski definition) is 3. The highest BCUT2D eigenvalue weighted by Crippen LogP contribution is 2.27. The maximum Gasteiger partial charge on any atom is 0.344 e. The number of benzene rings is 2. The third-order valence-electron chi connectivity index (χ3n) is 3.49. The predicted octanol–water partition coefficient (Wildman–Crippen LogP) is 2.79. The first-order valence-electron chi connectivity index (χ1n) is 6.22. The van der Waals surface area contributed by atoms with Crippen molar-refractivity contribution >= 4 is 32.6 Å². The molecule has 4 heteroatoms. The van der Waals surface area contributed by atoms with Crippen molar-refractivity contribution < 1.29 is 4.42 Å². The van der Waals surface area contributed by atoms with Crippen LogP contribution in [0.4, 0.5) is 0 Å². The highest BCUT2D eigenvalue weighted by atomic mass is 16.4. The Morgan fingerprint density at radius 2 is 1.50 bits per heavy atom. The van der Waals surface area contributed by atoms with Crippen molar-refractivity contribution in [3.8, 4) is 0 Å². The Bertz CT molecular complexity index is 1090. The van der Waals surface area contributed by atoms with Crippen molar-refractivity contribution in [1.82, 2.24) is 4.98 Å². The van der Waals surface area contributed by atoms with Crippen LogP contribution in [0.3, 0.4) is 0 Å². The van der Waals surface area contributed by atoms with E-state index in [2.05, 4.69) is 4.98 Å². The van der Waals surface area contributed by atoms with Crippen LogP contribution in [0.2, 0.25) is 0 Å². The molecule has 0 amide bonds. The van der Waals surface area contributed by atoms with Gasteiger partial charge in [0.1, 0.15) is 5.58 Å². The number of fused-ring (bicyclic) bond motifs is 5. The zero-order valence-electron chi connectivity index (χ0n) is 10.3. The van der Waals surface area contributed by atoms with Gasteiger partial charge in [-0.15, -0.1) is 0 Å². The Labute approximate surface area is 112 Å². The van der Waals surface area contributed by atoms with E-state index in [0.29, 0.717) is 16.5 Å². The molecule has 0 spiro atoms. The third-order valence-corrected chi connectivity index (χ3v) is 3.49. The Balaban J connectivity index is 2.35. The lowest BCUT2D eigenvalue weighted by Gasteiger charge is -2.05. The topological polar surface area (TPSA) is 63.1 Å². The smallest absolute Gasteiger partial charge is 0.344 e. The van der Waals surface area contributed by atoms with Gasteiger partial charge in [0.25, 0.3) is 0 Å². The van der Waals surface area contributed by atoms with Crippen LogP contribution in [0.5, 0.6) is 0 Å². The van der Waals surface area contributed by atoms with Gasteiger partial charge in [0.15, 0.2) is 0 Å². The summed E-state index contributed by atoms with van der Waals surface area (Å²) in [6, 6.07) is 14.1. The Morgan fingerprint density at radius 1 is 0.750 bits per heavy atom. The van der Waals surface area contributed by atoms with Gasteiger partial charge in [0.2, 0.25) is 5.56 Å². The largest absolute Gasteiger partial charge is 0.422 e. The molecule has 4 aromatic rings. The fraction of sp³-hybridized carbons (Fsp3) is 0. The molecular formula is C16H9NO3. The van der Waals surface area contributed by atoms with Crippen LogP contribution in [0.25, 0.3) is 32.6 Å². The van der Waals surface area contributed by atoms with Gasteiger partial charge in [0.05, 0.1) is 10.9 Å².